The van der Waals surface area contributed by atoms with Gasteiger partial charge < -0.3 is 0 Å². The van der Waals surface area contributed by atoms with Crippen LogP contribution in [0.3, 0.4) is 0 Å². The van der Waals surface area contributed by atoms with Crippen LogP contribution in [-0.4, -0.2) is 25.8 Å². The number of sulfonamides is 1. The van der Waals surface area contributed by atoms with Gasteiger partial charge in [-0.15, -0.1) is 0 Å². The van der Waals surface area contributed by atoms with E-state index in [1.165, 1.54) is 4.31 Å². The quantitative estimate of drug-likeness (QED) is 0.801. The molecule has 0 N–H and O–H groups in total. The molecule has 0 aromatic heterocycles. The highest BCUT2D eigenvalue weighted by Gasteiger charge is 2.36. The Labute approximate surface area is 126 Å². The number of piperidine rings is 1. The SMILES string of the molecule is CC1(C)CCCN(S(=O)(=O)c2c(F)cc(F)cc2Br)C1. The van der Waals surface area contributed by atoms with Gasteiger partial charge in [-0.1, -0.05) is 13.8 Å². The Balaban J connectivity index is 2.46. The molecule has 1 aliphatic heterocycles. The van der Waals surface area contributed by atoms with Crippen LogP contribution in [0.1, 0.15) is 26.7 Å². The number of halogens is 3. The lowest BCUT2D eigenvalue weighted by Crippen LogP contribution is -2.43. The third kappa shape index (κ3) is 3.04. The van der Waals surface area contributed by atoms with Crippen LogP contribution in [-0.2, 0) is 10.0 Å². The number of benzene rings is 1. The molecule has 0 unspecified atom stereocenters. The molecule has 3 nitrogen and oxygen atoms in total. The summed E-state index contributed by atoms with van der Waals surface area (Å²) >= 11 is 2.94. The van der Waals surface area contributed by atoms with Gasteiger partial charge in [0.1, 0.15) is 16.5 Å². The maximum absolute atomic E-state index is 13.9. The van der Waals surface area contributed by atoms with Crippen LogP contribution in [0.15, 0.2) is 21.5 Å². The third-order valence-corrected chi connectivity index (χ3v) is 6.24. The topological polar surface area (TPSA) is 37.4 Å². The smallest absolute Gasteiger partial charge is 0.207 e. The number of hydrogen-bond donors (Lipinski definition) is 0. The van der Waals surface area contributed by atoms with E-state index in [-0.39, 0.29) is 9.89 Å². The van der Waals surface area contributed by atoms with Crippen molar-refractivity contribution in [3.63, 3.8) is 0 Å². The Morgan fingerprint density at radius 1 is 1.30 bits per heavy atom. The molecule has 0 bridgehead atoms. The molecule has 0 aliphatic carbocycles. The molecule has 0 atom stereocenters. The van der Waals surface area contributed by atoms with Gasteiger partial charge in [-0.05, 0) is 40.3 Å². The Kier molecular flexibility index (Phi) is 4.24. The molecule has 2 rings (SSSR count). The average molecular weight is 368 g/mol. The third-order valence-electron chi connectivity index (χ3n) is 3.43. The van der Waals surface area contributed by atoms with Crippen molar-refractivity contribution in [1.82, 2.24) is 4.31 Å². The van der Waals surface area contributed by atoms with E-state index in [0.29, 0.717) is 19.2 Å². The summed E-state index contributed by atoms with van der Waals surface area (Å²) in [5, 5.41) is 0. The van der Waals surface area contributed by atoms with Crippen molar-refractivity contribution in [2.75, 3.05) is 13.1 Å². The fraction of sp³-hybridized carbons (Fsp3) is 0.538. The monoisotopic (exact) mass is 367 g/mol. The van der Waals surface area contributed by atoms with E-state index in [1.807, 2.05) is 13.8 Å². The van der Waals surface area contributed by atoms with Gasteiger partial charge in [-0.3, -0.25) is 0 Å². The molecule has 0 amide bonds. The molecule has 7 heteroatoms. The summed E-state index contributed by atoms with van der Waals surface area (Å²) in [6.45, 7) is 4.64. The molecular formula is C13H16BrF2NO2S. The molecule has 112 valence electrons. The maximum atomic E-state index is 13.9. The highest BCUT2D eigenvalue weighted by atomic mass is 79.9. The predicted molar refractivity (Wildman–Crippen MR) is 75.8 cm³/mol. The van der Waals surface area contributed by atoms with E-state index < -0.39 is 26.6 Å². The van der Waals surface area contributed by atoms with Crippen LogP contribution in [0.2, 0.25) is 0 Å². The first-order valence-electron chi connectivity index (χ1n) is 6.28. The van der Waals surface area contributed by atoms with Crippen molar-refractivity contribution >= 4 is 26.0 Å². The second-order valence-electron chi connectivity index (χ2n) is 5.80. The lowest BCUT2D eigenvalue weighted by molar-refractivity contribution is 0.186. The summed E-state index contributed by atoms with van der Waals surface area (Å²) in [5.41, 5.74) is -0.145. The first kappa shape index (κ1) is 15.9. The number of hydrogen-bond acceptors (Lipinski definition) is 2. The zero-order valence-corrected chi connectivity index (χ0v) is 13.7. The van der Waals surface area contributed by atoms with Crippen LogP contribution >= 0.6 is 15.9 Å². The Morgan fingerprint density at radius 3 is 2.50 bits per heavy atom. The first-order valence-corrected chi connectivity index (χ1v) is 8.51. The van der Waals surface area contributed by atoms with Gasteiger partial charge in [0, 0.05) is 23.6 Å². The van der Waals surface area contributed by atoms with E-state index in [0.717, 1.165) is 18.9 Å². The van der Waals surface area contributed by atoms with Crippen molar-refractivity contribution < 1.29 is 17.2 Å². The summed E-state index contributed by atoms with van der Waals surface area (Å²) in [5.74, 6) is -1.88. The van der Waals surface area contributed by atoms with Crippen LogP contribution in [0, 0.1) is 17.0 Å². The molecule has 20 heavy (non-hydrogen) atoms. The van der Waals surface area contributed by atoms with E-state index >= 15 is 0 Å². The number of rotatable bonds is 2. The Bertz CT molecular complexity index is 608. The summed E-state index contributed by atoms with van der Waals surface area (Å²) in [6.07, 6.45) is 1.65. The zero-order chi connectivity index (χ0) is 15.1. The molecule has 1 aromatic carbocycles. The van der Waals surface area contributed by atoms with Crippen molar-refractivity contribution in [2.24, 2.45) is 5.41 Å². The lowest BCUT2D eigenvalue weighted by atomic mass is 9.85. The van der Waals surface area contributed by atoms with Gasteiger partial charge in [0.2, 0.25) is 10.0 Å². The van der Waals surface area contributed by atoms with Crippen molar-refractivity contribution in [3.8, 4) is 0 Å². The summed E-state index contributed by atoms with van der Waals surface area (Å²) in [7, 11) is -3.97. The summed E-state index contributed by atoms with van der Waals surface area (Å²) in [4.78, 5) is -0.489. The predicted octanol–water partition coefficient (Wildman–Crippen LogP) is 3.54. The van der Waals surface area contributed by atoms with Gasteiger partial charge in [-0.25, -0.2) is 17.2 Å². The second-order valence-corrected chi connectivity index (χ2v) is 8.53. The van der Waals surface area contributed by atoms with Gasteiger partial charge in [0.05, 0.1) is 0 Å². The molecule has 1 aliphatic rings. The van der Waals surface area contributed by atoms with E-state index in [1.54, 1.807) is 0 Å². The largest absolute Gasteiger partial charge is 0.247 e. The Morgan fingerprint density at radius 2 is 1.95 bits per heavy atom. The van der Waals surface area contributed by atoms with E-state index in [2.05, 4.69) is 15.9 Å². The van der Waals surface area contributed by atoms with Crippen LogP contribution in [0.25, 0.3) is 0 Å². The fourth-order valence-corrected chi connectivity index (χ4v) is 5.26. The number of nitrogens with zero attached hydrogens (tertiary/aromatic N) is 1. The first-order chi connectivity index (χ1) is 9.13. The van der Waals surface area contributed by atoms with Gasteiger partial charge >= 0.3 is 0 Å². The molecule has 1 fully saturated rings. The minimum absolute atomic E-state index is 0.0848. The van der Waals surface area contributed by atoms with Gasteiger partial charge in [-0.2, -0.15) is 4.31 Å². The molecule has 0 saturated carbocycles. The molecule has 1 aromatic rings. The summed E-state index contributed by atoms with van der Waals surface area (Å²) in [6, 6.07) is 1.55. The molecule has 1 saturated heterocycles. The highest BCUT2D eigenvalue weighted by Crippen LogP contribution is 2.35. The van der Waals surface area contributed by atoms with Crippen LogP contribution in [0.4, 0.5) is 8.78 Å². The summed E-state index contributed by atoms with van der Waals surface area (Å²) < 4.78 is 53.3. The normalized spacial score (nSPS) is 20.1. The Hall–Kier alpha value is -0.530. The zero-order valence-electron chi connectivity index (χ0n) is 11.3. The maximum Gasteiger partial charge on any atom is 0.247 e. The van der Waals surface area contributed by atoms with E-state index in [9.17, 15) is 17.2 Å². The van der Waals surface area contributed by atoms with Crippen molar-refractivity contribution in [1.29, 1.82) is 0 Å². The fourth-order valence-electron chi connectivity index (χ4n) is 2.48. The van der Waals surface area contributed by atoms with Gasteiger partial charge in [0.15, 0.2) is 0 Å². The van der Waals surface area contributed by atoms with Crippen LogP contribution in [0.5, 0.6) is 0 Å². The molecule has 1 heterocycles. The minimum atomic E-state index is -3.97. The molecule has 0 radical (unpaired) electrons. The highest BCUT2D eigenvalue weighted by molar-refractivity contribution is 9.10. The van der Waals surface area contributed by atoms with Crippen LogP contribution < -0.4 is 0 Å². The van der Waals surface area contributed by atoms with Gasteiger partial charge in [0.25, 0.3) is 0 Å². The molecule has 0 spiro atoms. The average Bonchev–Trinajstić information content (AvgIpc) is 2.25. The second kappa shape index (κ2) is 5.35. The molecular weight excluding hydrogens is 352 g/mol. The minimum Gasteiger partial charge on any atom is -0.207 e. The lowest BCUT2D eigenvalue weighted by Gasteiger charge is -2.37. The standard InChI is InChI=1S/C13H16BrF2NO2S/c1-13(2)4-3-5-17(8-13)20(18,19)12-10(14)6-9(15)7-11(12)16/h6-7H,3-5,8H2,1-2H3. The van der Waals surface area contributed by atoms with Crippen molar-refractivity contribution in [3.05, 3.63) is 28.2 Å². The van der Waals surface area contributed by atoms with Crippen molar-refractivity contribution in [2.45, 2.75) is 31.6 Å². The van der Waals surface area contributed by atoms with E-state index in [4.69, 9.17) is 0 Å².